The number of methoxy groups -OCH3 is 1. The van der Waals surface area contributed by atoms with Gasteiger partial charge in [0.2, 0.25) is 0 Å². The van der Waals surface area contributed by atoms with Crippen molar-refractivity contribution in [2.24, 2.45) is 0 Å². The average molecular weight is 266 g/mol. The van der Waals surface area contributed by atoms with Crippen molar-refractivity contribution in [1.29, 1.82) is 0 Å². The summed E-state index contributed by atoms with van der Waals surface area (Å²) in [4.78, 5) is 13.5. The summed E-state index contributed by atoms with van der Waals surface area (Å²) in [5.41, 5.74) is 0.547. The second-order valence-electron chi connectivity index (χ2n) is 4.80. The second-order valence-corrected chi connectivity index (χ2v) is 4.80. The summed E-state index contributed by atoms with van der Waals surface area (Å²) in [6.07, 6.45) is 0.252. The monoisotopic (exact) mass is 266 g/mol. The maximum absolute atomic E-state index is 14.0. The van der Waals surface area contributed by atoms with E-state index in [2.05, 4.69) is 5.32 Å². The molecule has 1 fully saturated rings. The van der Waals surface area contributed by atoms with Gasteiger partial charge in [-0.05, 0) is 19.1 Å². The smallest absolute Gasteiger partial charge is 0.307 e. The van der Waals surface area contributed by atoms with E-state index < -0.39 is 0 Å². The van der Waals surface area contributed by atoms with Gasteiger partial charge in [-0.1, -0.05) is 12.1 Å². The number of nitrogens with one attached hydrogen (secondary N) is 1. The van der Waals surface area contributed by atoms with Gasteiger partial charge in [-0.15, -0.1) is 0 Å². The van der Waals surface area contributed by atoms with Gasteiger partial charge in [0.1, 0.15) is 5.82 Å². The van der Waals surface area contributed by atoms with E-state index in [9.17, 15) is 9.18 Å². The third kappa shape index (κ3) is 3.04. The summed E-state index contributed by atoms with van der Waals surface area (Å²) >= 11 is 0. The number of hydrogen-bond donors (Lipinski definition) is 1. The molecule has 104 valence electrons. The first-order chi connectivity index (χ1) is 9.13. The number of rotatable bonds is 3. The molecule has 2 unspecified atom stereocenters. The Morgan fingerprint density at radius 3 is 2.89 bits per heavy atom. The normalized spacial score (nSPS) is 23.2. The average Bonchev–Trinajstić information content (AvgIpc) is 2.40. The van der Waals surface area contributed by atoms with Gasteiger partial charge in [0.25, 0.3) is 0 Å². The number of para-hydroxylation sites is 1. The van der Waals surface area contributed by atoms with E-state index in [4.69, 9.17) is 4.74 Å². The fourth-order valence-corrected chi connectivity index (χ4v) is 2.56. The predicted octanol–water partition coefficient (Wildman–Crippen LogP) is 1.56. The number of ether oxygens (including phenoxy) is 1. The Labute approximate surface area is 112 Å². The summed E-state index contributed by atoms with van der Waals surface area (Å²) < 4.78 is 18.7. The number of esters is 1. The molecule has 1 saturated heterocycles. The highest BCUT2D eigenvalue weighted by Crippen LogP contribution is 2.26. The largest absolute Gasteiger partial charge is 0.469 e. The predicted molar refractivity (Wildman–Crippen MR) is 71.6 cm³/mol. The standard InChI is InChI=1S/C14H19FN2O2/c1-10-8-16-9-11(7-14(18)19-2)17(10)13-6-4-3-5-12(13)15/h3-6,10-11,16H,7-9H2,1-2H3. The summed E-state index contributed by atoms with van der Waals surface area (Å²) in [7, 11) is 1.37. The number of anilines is 1. The lowest BCUT2D eigenvalue weighted by atomic mass is 10.0. The maximum atomic E-state index is 14.0. The summed E-state index contributed by atoms with van der Waals surface area (Å²) in [6.45, 7) is 3.43. The molecule has 1 aliphatic rings. The molecule has 0 bridgehead atoms. The van der Waals surface area contributed by atoms with E-state index in [1.54, 1.807) is 12.1 Å². The molecule has 2 atom stereocenters. The minimum Gasteiger partial charge on any atom is -0.469 e. The zero-order valence-electron chi connectivity index (χ0n) is 11.2. The first-order valence-electron chi connectivity index (χ1n) is 6.44. The summed E-state index contributed by atoms with van der Waals surface area (Å²) in [5, 5.41) is 3.26. The van der Waals surface area contributed by atoms with Crippen LogP contribution in [0.2, 0.25) is 0 Å². The van der Waals surface area contributed by atoms with Crippen LogP contribution in [0.3, 0.4) is 0 Å². The zero-order valence-corrected chi connectivity index (χ0v) is 11.2. The molecule has 0 spiro atoms. The Kier molecular flexibility index (Phi) is 4.37. The van der Waals surface area contributed by atoms with Crippen LogP contribution in [0, 0.1) is 5.82 Å². The molecule has 19 heavy (non-hydrogen) atoms. The molecule has 0 saturated carbocycles. The molecule has 5 heteroatoms. The molecule has 1 aliphatic heterocycles. The number of hydrogen-bond acceptors (Lipinski definition) is 4. The van der Waals surface area contributed by atoms with Gasteiger partial charge in [0, 0.05) is 19.1 Å². The van der Waals surface area contributed by atoms with Crippen molar-refractivity contribution >= 4 is 11.7 Å². The van der Waals surface area contributed by atoms with Crippen molar-refractivity contribution in [2.45, 2.75) is 25.4 Å². The van der Waals surface area contributed by atoms with Crippen molar-refractivity contribution in [3.8, 4) is 0 Å². The molecule has 1 aromatic carbocycles. The van der Waals surface area contributed by atoms with Crippen molar-refractivity contribution < 1.29 is 13.9 Å². The van der Waals surface area contributed by atoms with Crippen LogP contribution in [0.4, 0.5) is 10.1 Å². The zero-order chi connectivity index (χ0) is 13.8. The molecule has 2 rings (SSSR count). The number of piperazine rings is 1. The first kappa shape index (κ1) is 13.8. The molecular formula is C14H19FN2O2. The molecule has 1 heterocycles. The third-order valence-corrected chi connectivity index (χ3v) is 3.45. The molecule has 4 nitrogen and oxygen atoms in total. The molecule has 1 aromatic rings. The molecule has 0 aliphatic carbocycles. The van der Waals surface area contributed by atoms with Crippen LogP contribution < -0.4 is 10.2 Å². The number of halogens is 1. The Bertz CT molecular complexity index is 453. The number of benzene rings is 1. The highest BCUT2D eigenvalue weighted by atomic mass is 19.1. The fraction of sp³-hybridized carbons (Fsp3) is 0.500. The van der Waals surface area contributed by atoms with Gasteiger partial charge < -0.3 is 15.0 Å². The van der Waals surface area contributed by atoms with Crippen LogP contribution in [-0.4, -0.2) is 38.3 Å². The van der Waals surface area contributed by atoms with Gasteiger partial charge >= 0.3 is 5.97 Å². The van der Waals surface area contributed by atoms with Gasteiger partial charge in [-0.2, -0.15) is 0 Å². The van der Waals surface area contributed by atoms with Gasteiger partial charge in [-0.25, -0.2) is 4.39 Å². The Balaban J connectivity index is 2.26. The van der Waals surface area contributed by atoms with Gasteiger partial charge in [0.15, 0.2) is 0 Å². The second kappa shape index (κ2) is 6.02. The van der Waals surface area contributed by atoms with Crippen molar-refractivity contribution in [3.05, 3.63) is 30.1 Å². The van der Waals surface area contributed by atoms with E-state index >= 15 is 0 Å². The minimum atomic E-state index is -0.276. The van der Waals surface area contributed by atoms with Crippen LogP contribution in [-0.2, 0) is 9.53 Å². The third-order valence-electron chi connectivity index (χ3n) is 3.45. The molecule has 0 radical (unpaired) electrons. The quantitative estimate of drug-likeness (QED) is 0.843. The number of carbonyl (C=O) groups is 1. The van der Waals surface area contributed by atoms with Crippen LogP contribution in [0.25, 0.3) is 0 Å². The van der Waals surface area contributed by atoms with E-state index in [1.807, 2.05) is 17.9 Å². The molecule has 0 amide bonds. The van der Waals surface area contributed by atoms with E-state index in [0.29, 0.717) is 12.2 Å². The lowest BCUT2D eigenvalue weighted by Gasteiger charge is -2.42. The van der Waals surface area contributed by atoms with Crippen LogP contribution in [0.1, 0.15) is 13.3 Å². The highest BCUT2D eigenvalue weighted by Gasteiger charge is 2.31. The summed E-state index contributed by atoms with van der Waals surface area (Å²) in [6, 6.07) is 6.71. The molecule has 0 aromatic heterocycles. The van der Waals surface area contributed by atoms with Crippen molar-refractivity contribution in [1.82, 2.24) is 5.32 Å². The number of nitrogens with zero attached hydrogens (tertiary/aromatic N) is 1. The lowest BCUT2D eigenvalue weighted by Crippen LogP contribution is -2.57. The van der Waals surface area contributed by atoms with Gasteiger partial charge in [-0.3, -0.25) is 4.79 Å². The van der Waals surface area contributed by atoms with E-state index in [1.165, 1.54) is 13.2 Å². The number of carbonyl (C=O) groups excluding carboxylic acids is 1. The molecular weight excluding hydrogens is 247 g/mol. The molecule has 1 N–H and O–H groups in total. The Morgan fingerprint density at radius 1 is 1.47 bits per heavy atom. The van der Waals surface area contributed by atoms with Crippen molar-refractivity contribution in [3.63, 3.8) is 0 Å². The van der Waals surface area contributed by atoms with Crippen molar-refractivity contribution in [2.75, 3.05) is 25.1 Å². The Hall–Kier alpha value is -1.62. The minimum absolute atomic E-state index is 0.0897. The first-order valence-corrected chi connectivity index (χ1v) is 6.44. The van der Waals surface area contributed by atoms with Crippen LogP contribution >= 0.6 is 0 Å². The topological polar surface area (TPSA) is 41.6 Å². The van der Waals surface area contributed by atoms with Crippen LogP contribution in [0.5, 0.6) is 0 Å². The SMILES string of the molecule is COC(=O)CC1CNCC(C)N1c1ccccc1F. The van der Waals surface area contributed by atoms with Crippen LogP contribution in [0.15, 0.2) is 24.3 Å². The fourth-order valence-electron chi connectivity index (χ4n) is 2.56. The van der Waals surface area contributed by atoms with Gasteiger partial charge in [0.05, 0.1) is 25.3 Å². The Morgan fingerprint density at radius 2 is 2.21 bits per heavy atom. The van der Waals surface area contributed by atoms with E-state index in [0.717, 1.165) is 6.54 Å². The van der Waals surface area contributed by atoms with E-state index in [-0.39, 0.29) is 30.3 Å². The summed E-state index contributed by atoms with van der Waals surface area (Å²) in [5.74, 6) is -0.534. The lowest BCUT2D eigenvalue weighted by molar-refractivity contribution is -0.141. The maximum Gasteiger partial charge on any atom is 0.307 e. The highest BCUT2D eigenvalue weighted by molar-refractivity contribution is 5.71.